The summed E-state index contributed by atoms with van der Waals surface area (Å²) in [5.74, 6) is -0.390. The molecule has 1 unspecified atom stereocenters. The molecule has 1 atom stereocenters. The predicted octanol–water partition coefficient (Wildman–Crippen LogP) is 2.04. The molecule has 16 heavy (non-hydrogen) atoms. The number of benzene rings is 1. The maximum absolute atomic E-state index is 12.2. The fourth-order valence-electron chi connectivity index (χ4n) is 1.54. The van der Waals surface area contributed by atoms with Gasteiger partial charge in [-0.25, -0.2) is 13.4 Å². The van der Waals surface area contributed by atoms with E-state index in [1.807, 2.05) is 0 Å². The molecule has 1 N–H and O–H groups in total. The molecule has 2 rings (SSSR count). The molecule has 0 radical (unpaired) electrons. The van der Waals surface area contributed by atoms with Crippen LogP contribution in [0.1, 0.15) is 16.8 Å². The van der Waals surface area contributed by atoms with Gasteiger partial charge in [-0.2, -0.15) is 0 Å². The van der Waals surface area contributed by atoms with Gasteiger partial charge in [0.15, 0.2) is 0 Å². The summed E-state index contributed by atoms with van der Waals surface area (Å²) >= 11 is 0. The first kappa shape index (κ1) is 13.0. The van der Waals surface area contributed by atoms with Crippen molar-refractivity contribution in [2.75, 3.05) is 12.3 Å². The van der Waals surface area contributed by atoms with Crippen LogP contribution >= 0.6 is 12.4 Å². The van der Waals surface area contributed by atoms with E-state index in [9.17, 15) is 9.00 Å². The molecule has 0 bridgehead atoms. The Morgan fingerprint density at radius 3 is 2.38 bits per heavy atom. The second kappa shape index (κ2) is 4.84. The number of carbonyl (C=O) groups is 1. The number of rotatable bonds is 2. The van der Waals surface area contributed by atoms with Crippen LogP contribution in [-0.2, 0) is 9.73 Å². The molecule has 1 heterocycles. The molecule has 88 valence electrons. The number of nitrogens with zero attached hydrogens (tertiary/aromatic N) is 1. The fraction of sp³-hybridized carbons (Fsp3) is 0.300. The first-order valence-electron chi connectivity index (χ1n) is 4.66. The van der Waals surface area contributed by atoms with Crippen molar-refractivity contribution in [2.24, 2.45) is 4.36 Å². The van der Waals surface area contributed by atoms with Gasteiger partial charge >= 0.3 is 5.97 Å². The summed E-state index contributed by atoms with van der Waals surface area (Å²) in [7, 11) is -2.24. The van der Waals surface area contributed by atoms with Crippen molar-refractivity contribution >= 4 is 28.1 Å². The number of hydrogen-bond donors (Lipinski definition) is 1. The van der Waals surface area contributed by atoms with Gasteiger partial charge in [0.25, 0.3) is 0 Å². The molecule has 0 spiro atoms. The quantitative estimate of drug-likeness (QED) is 0.886. The lowest BCUT2D eigenvalue weighted by molar-refractivity contribution is 0.0697. The number of aromatic carboxylic acids is 1. The van der Waals surface area contributed by atoms with E-state index in [4.69, 9.17) is 5.11 Å². The highest BCUT2D eigenvalue weighted by Crippen LogP contribution is 2.20. The van der Waals surface area contributed by atoms with Gasteiger partial charge in [0, 0.05) is 17.2 Å². The van der Waals surface area contributed by atoms with Gasteiger partial charge in [0.2, 0.25) is 0 Å². The third-order valence-electron chi connectivity index (χ3n) is 2.35. The molecule has 6 heteroatoms. The third-order valence-corrected chi connectivity index (χ3v) is 4.80. The lowest BCUT2D eigenvalue weighted by Crippen LogP contribution is -2.02. The van der Waals surface area contributed by atoms with Crippen molar-refractivity contribution in [2.45, 2.75) is 11.3 Å². The summed E-state index contributed by atoms with van der Waals surface area (Å²) in [6, 6.07) is 6.14. The third kappa shape index (κ3) is 2.36. The molecule has 4 nitrogen and oxygen atoms in total. The minimum Gasteiger partial charge on any atom is -0.478 e. The first-order chi connectivity index (χ1) is 7.12. The Bertz CT molecular complexity index is 503. The minimum absolute atomic E-state index is 0. The Morgan fingerprint density at radius 2 is 1.94 bits per heavy atom. The van der Waals surface area contributed by atoms with Crippen molar-refractivity contribution in [1.82, 2.24) is 0 Å². The first-order valence-corrected chi connectivity index (χ1v) is 6.34. The van der Waals surface area contributed by atoms with Crippen molar-refractivity contribution in [1.29, 1.82) is 0 Å². The maximum Gasteiger partial charge on any atom is 0.335 e. The van der Waals surface area contributed by atoms with Crippen molar-refractivity contribution in [3.8, 4) is 0 Å². The van der Waals surface area contributed by atoms with Crippen LogP contribution in [0.2, 0.25) is 0 Å². The van der Waals surface area contributed by atoms with E-state index < -0.39 is 15.7 Å². The summed E-state index contributed by atoms with van der Waals surface area (Å²) in [5.41, 5.74) is 0.208. The number of carboxylic acids is 1. The van der Waals surface area contributed by atoms with Crippen molar-refractivity contribution in [3.63, 3.8) is 0 Å². The standard InChI is InChI=1S/C10H11NO3S.ClH/c12-10(13)8-2-4-9(5-3-8)15(14)7-1-6-11-15;/h2-5H,1,6-7H2,(H,12,13);1H. The second-order valence-electron chi connectivity index (χ2n) is 3.38. The molecule has 0 amide bonds. The summed E-state index contributed by atoms with van der Waals surface area (Å²) in [5, 5.41) is 8.71. The van der Waals surface area contributed by atoms with Gasteiger partial charge in [-0.15, -0.1) is 12.4 Å². The smallest absolute Gasteiger partial charge is 0.335 e. The van der Waals surface area contributed by atoms with Gasteiger partial charge in [0.1, 0.15) is 0 Å². The van der Waals surface area contributed by atoms with Crippen LogP contribution < -0.4 is 0 Å². The molecule has 0 aliphatic carbocycles. The van der Waals surface area contributed by atoms with Gasteiger partial charge in [0.05, 0.1) is 15.3 Å². The lowest BCUT2D eigenvalue weighted by atomic mass is 10.2. The van der Waals surface area contributed by atoms with E-state index in [-0.39, 0.29) is 18.0 Å². The predicted molar refractivity (Wildman–Crippen MR) is 63.8 cm³/mol. The number of halogens is 1. The highest BCUT2D eigenvalue weighted by atomic mass is 35.5. The number of hydrogen-bond acceptors (Lipinski definition) is 3. The Hall–Kier alpha value is -1.07. The van der Waals surface area contributed by atoms with Crippen LogP contribution in [-0.4, -0.2) is 27.6 Å². The van der Waals surface area contributed by atoms with E-state index in [1.165, 1.54) is 12.1 Å². The zero-order valence-corrected chi connectivity index (χ0v) is 10.1. The molecular weight excluding hydrogens is 250 g/mol. The largest absolute Gasteiger partial charge is 0.478 e. The zero-order valence-electron chi connectivity index (χ0n) is 8.46. The Balaban J connectivity index is 0.00000128. The molecule has 0 fully saturated rings. The summed E-state index contributed by atoms with van der Waals surface area (Å²) < 4.78 is 16.2. The fourth-order valence-corrected chi connectivity index (χ4v) is 3.56. The SMILES string of the molecule is Cl.O=C(O)c1ccc(S2(=O)=NCCC2)cc1. The van der Waals surface area contributed by atoms with Gasteiger partial charge in [-0.05, 0) is 30.7 Å². The summed E-state index contributed by atoms with van der Waals surface area (Å²) in [4.78, 5) is 11.3. The topological polar surface area (TPSA) is 66.7 Å². The molecular formula is C10H12ClNO3S. The van der Waals surface area contributed by atoms with Crippen LogP contribution in [0, 0.1) is 0 Å². The Kier molecular flexibility index (Phi) is 3.93. The van der Waals surface area contributed by atoms with E-state index in [1.54, 1.807) is 12.1 Å². The lowest BCUT2D eigenvalue weighted by Gasteiger charge is -2.03. The van der Waals surface area contributed by atoms with E-state index in [0.29, 0.717) is 17.2 Å². The van der Waals surface area contributed by atoms with Crippen LogP contribution in [0.15, 0.2) is 33.5 Å². The summed E-state index contributed by atoms with van der Waals surface area (Å²) in [6.45, 7) is 0.638. The highest BCUT2D eigenvalue weighted by molar-refractivity contribution is 7.93. The van der Waals surface area contributed by atoms with Crippen molar-refractivity contribution in [3.05, 3.63) is 29.8 Å². The normalized spacial score (nSPS) is 23.2. The van der Waals surface area contributed by atoms with Gasteiger partial charge < -0.3 is 5.11 Å². The van der Waals surface area contributed by atoms with Crippen LogP contribution in [0.25, 0.3) is 0 Å². The highest BCUT2D eigenvalue weighted by Gasteiger charge is 2.17. The molecule has 0 aromatic heterocycles. The molecule has 1 aliphatic heterocycles. The molecule has 1 aromatic carbocycles. The summed E-state index contributed by atoms with van der Waals surface area (Å²) in [6.07, 6.45) is 0.847. The molecule has 1 aromatic rings. The van der Waals surface area contributed by atoms with Gasteiger partial charge in [-0.1, -0.05) is 0 Å². The van der Waals surface area contributed by atoms with Crippen LogP contribution in [0.4, 0.5) is 0 Å². The van der Waals surface area contributed by atoms with E-state index in [2.05, 4.69) is 4.36 Å². The average Bonchev–Trinajstić information content (AvgIpc) is 2.67. The van der Waals surface area contributed by atoms with E-state index in [0.717, 1.165) is 6.42 Å². The minimum atomic E-state index is -2.24. The van der Waals surface area contributed by atoms with E-state index >= 15 is 0 Å². The second-order valence-corrected chi connectivity index (χ2v) is 5.80. The Labute approximate surface area is 100 Å². The average molecular weight is 262 g/mol. The van der Waals surface area contributed by atoms with Gasteiger partial charge in [-0.3, -0.25) is 0 Å². The molecule has 1 aliphatic rings. The number of carboxylic acid groups (broad SMARTS) is 1. The van der Waals surface area contributed by atoms with Crippen molar-refractivity contribution < 1.29 is 14.1 Å². The Morgan fingerprint density at radius 1 is 1.31 bits per heavy atom. The monoisotopic (exact) mass is 261 g/mol. The molecule has 0 saturated carbocycles. The maximum atomic E-state index is 12.2. The van der Waals surface area contributed by atoms with Crippen LogP contribution in [0.3, 0.4) is 0 Å². The zero-order chi connectivity index (χ0) is 10.9. The van der Waals surface area contributed by atoms with Crippen LogP contribution in [0.5, 0.6) is 0 Å². The molecule has 0 saturated heterocycles.